The second-order valence-corrected chi connectivity index (χ2v) is 7.76. The number of rotatable bonds is 5. The SMILES string of the molecule is Cc1ccc(C(CBr)(CBr)Cc2sccc2Br)cc1. The summed E-state index contributed by atoms with van der Waals surface area (Å²) in [4.78, 5) is 1.40. The molecule has 102 valence electrons. The lowest BCUT2D eigenvalue weighted by molar-refractivity contribution is 0.555. The fourth-order valence-corrected chi connectivity index (χ4v) is 5.66. The van der Waals surface area contributed by atoms with Crippen molar-refractivity contribution < 1.29 is 0 Å². The number of halogens is 3. The molecule has 0 spiro atoms. The zero-order valence-electron chi connectivity index (χ0n) is 10.6. The monoisotopic (exact) mass is 464 g/mol. The van der Waals surface area contributed by atoms with E-state index in [1.807, 2.05) is 11.3 Å². The van der Waals surface area contributed by atoms with E-state index in [4.69, 9.17) is 0 Å². The average molecular weight is 467 g/mol. The van der Waals surface area contributed by atoms with Crippen LogP contribution in [-0.2, 0) is 11.8 Å². The number of benzene rings is 1. The Hall–Kier alpha value is 0.360. The molecular weight excluding hydrogens is 452 g/mol. The van der Waals surface area contributed by atoms with Crippen molar-refractivity contribution in [2.45, 2.75) is 18.8 Å². The summed E-state index contributed by atoms with van der Waals surface area (Å²) in [6, 6.07) is 11.0. The molecule has 0 aliphatic rings. The van der Waals surface area contributed by atoms with Gasteiger partial charge in [-0.25, -0.2) is 0 Å². The van der Waals surface area contributed by atoms with E-state index >= 15 is 0 Å². The first-order valence-corrected chi connectivity index (χ1v) is 9.94. The molecule has 0 aliphatic carbocycles. The van der Waals surface area contributed by atoms with Crippen molar-refractivity contribution in [2.24, 2.45) is 0 Å². The van der Waals surface area contributed by atoms with Crippen LogP contribution in [0.1, 0.15) is 16.0 Å². The molecule has 0 amide bonds. The normalized spacial score (nSPS) is 11.8. The molecule has 0 fully saturated rings. The summed E-state index contributed by atoms with van der Waals surface area (Å²) in [5, 5.41) is 4.03. The highest BCUT2D eigenvalue weighted by atomic mass is 79.9. The van der Waals surface area contributed by atoms with Crippen LogP contribution in [0.15, 0.2) is 40.2 Å². The van der Waals surface area contributed by atoms with Gasteiger partial charge >= 0.3 is 0 Å². The second kappa shape index (κ2) is 6.88. The van der Waals surface area contributed by atoms with Crippen LogP contribution in [0.4, 0.5) is 0 Å². The highest BCUT2D eigenvalue weighted by Gasteiger charge is 2.31. The lowest BCUT2D eigenvalue weighted by Crippen LogP contribution is -2.32. The van der Waals surface area contributed by atoms with Crippen molar-refractivity contribution in [1.29, 1.82) is 0 Å². The van der Waals surface area contributed by atoms with Gasteiger partial charge in [0.1, 0.15) is 0 Å². The summed E-state index contributed by atoms with van der Waals surface area (Å²) in [6.07, 6.45) is 1.03. The molecule has 0 bridgehead atoms. The van der Waals surface area contributed by atoms with Gasteiger partial charge in [-0.15, -0.1) is 11.3 Å². The number of hydrogen-bond acceptors (Lipinski definition) is 1. The quantitative estimate of drug-likeness (QED) is 0.468. The minimum Gasteiger partial charge on any atom is -0.148 e. The first-order chi connectivity index (χ1) is 9.11. The highest BCUT2D eigenvalue weighted by molar-refractivity contribution is 9.10. The zero-order valence-corrected chi connectivity index (χ0v) is 16.2. The van der Waals surface area contributed by atoms with Crippen molar-refractivity contribution in [3.05, 3.63) is 56.2 Å². The van der Waals surface area contributed by atoms with E-state index in [1.165, 1.54) is 20.5 Å². The maximum atomic E-state index is 3.72. The van der Waals surface area contributed by atoms with Gasteiger partial charge in [0, 0.05) is 25.4 Å². The van der Waals surface area contributed by atoms with Crippen LogP contribution in [0.2, 0.25) is 0 Å². The Balaban J connectivity index is 2.37. The van der Waals surface area contributed by atoms with Crippen LogP contribution >= 0.6 is 59.1 Å². The van der Waals surface area contributed by atoms with Crippen LogP contribution in [0.5, 0.6) is 0 Å². The predicted octanol–water partition coefficient (Wildman–Crippen LogP) is 6.09. The van der Waals surface area contributed by atoms with E-state index in [-0.39, 0.29) is 5.41 Å². The van der Waals surface area contributed by atoms with Gasteiger partial charge < -0.3 is 0 Å². The maximum Gasteiger partial charge on any atom is 0.0314 e. The summed E-state index contributed by atoms with van der Waals surface area (Å²) in [6.45, 7) is 2.13. The standard InChI is InChI=1S/C15H15Br3S/c1-11-2-4-12(5-3-11)15(9-16,10-17)8-14-13(18)6-7-19-14/h2-7H,8-10H2,1H3. The number of aryl methyl sites for hydroxylation is 1. The third-order valence-electron chi connectivity index (χ3n) is 3.37. The van der Waals surface area contributed by atoms with Crippen LogP contribution < -0.4 is 0 Å². The number of hydrogen-bond donors (Lipinski definition) is 0. The van der Waals surface area contributed by atoms with Gasteiger partial charge in [-0.2, -0.15) is 0 Å². The van der Waals surface area contributed by atoms with Crippen LogP contribution in [0, 0.1) is 6.92 Å². The van der Waals surface area contributed by atoms with E-state index in [0.29, 0.717) is 0 Å². The molecule has 2 aromatic rings. The second-order valence-electron chi connectivity index (χ2n) is 4.78. The first kappa shape index (κ1) is 15.7. The van der Waals surface area contributed by atoms with Crippen molar-refractivity contribution in [3.63, 3.8) is 0 Å². The molecule has 1 heterocycles. The van der Waals surface area contributed by atoms with Gasteiger partial charge in [0.15, 0.2) is 0 Å². The molecule has 19 heavy (non-hydrogen) atoms. The molecule has 1 aromatic heterocycles. The van der Waals surface area contributed by atoms with Gasteiger partial charge in [0.05, 0.1) is 0 Å². The Morgan fingerprint density at radius 1 is 1.05 bits per heavy atom. The van der Waals surface area contributed by atoms with Crippen LogP contribution in [-0.4, -0.2) is 10.7 Å². The largest absolute Gasteiger partial charge is 0.148 e. The summed E-state index contributed by atoms with van der Waals surface area (Å²) in [5.74, 6) is 0. The third-order valence-corrected chi connectivity index (χ3v) is 7.44. The van der Waals surface area contributed by atoms with E-state index in [2.05, 4.69) is 90.4 Å². The van der Waals surface area contributed by atoms with Gasteiger partial charge in [-0.1, -0.05) is 61.7 Å². The number of alkyl halides is 2. The minimum absolute atomic E-state index is 0.0983. The van der Waals surface area contributed by atoms with Crippen LogP contribution in [0.25, 0.3) is 0 Å². The summed E-state index contributed by atoms with van der Waals surface area (Å²) in [5.41, 5.74) is 2.78. The van der Waals surface area contributed by atoms with Gasteiger partial charge in [0.25, 0.3) is 0 Å². The summed E-state index contributed by atoms with van der Waals surface area (Å²) >= 11 is 12.9. The Morgan fingerprint density at radius 3 is 2.16 bits per heavy atom. The van der Waals surface area contributed by atoms with E-state index < -0.39 is 0 Å². The molecule has 1 aromatic carbocycles. The van der Waals surface area contributed by atoms with Crippen molar-refractivity contribution >= 4 is 59.1 Å². The average Bonchev–Trinajstić information content (AvgIpc) is 2.82. The van der Waals surface area contributed by atoms with E-state index in [0.717, 1.165) is 17.1 Å². The molecular formula is C15H15Br3S. The van der Waals surface area contributed by atoms with Crippen molar-refractivity contribution in [2.75, 3.05) is 10.7 Å². The number of thiophene rings is 1. The fraction of sp³-hybridized carbons (Fsp3) is 0.333. The molecule has 2 rings (SSSR count). The van der Waals surface area contributed by atoms with E-state index in [9.17, 15) is 0 Å². The lowest BCUT2D eigenvalue weighted by Gasteiger charge is -2.30. The smallest absolute Gasteiger partial charge is 0.0314 e. The predicted molar refractivity (Wildman–Crippen MR) is 96.2 cm³/mol. The maximum absolute atomic E-state index is 3.72. The first-order valence-electron chi connectivity index (χ1n) is 6.02. The molecule has 0 aliphatic heterocycles. The molecule has 0 atom stereocenters. The Morgan fingerprint density at radius 2 is 1.68 bits per heavy atom. The highest BCUT2D eigenvalue weighted by Crippen LogP contribution is 2.36. The summed E-state index contributed by atoms with van der Waals surface area (Å²) in [7, 11) is 0. The Labute approximate surface area is 144 Å². The summed E-state index contributed by atoms with van der Waals surface area (Å²) < 4.78 is 1.22. The van der Waals surface area contributed by atoms with Crippen molar-refractivity contribution in [3.8, 4) is 0 Å². The molecule has 0 saturated heterocycles. The Kier molecular flexibility index (Phi) is 5.70. The van der Waals surface area contributed by atoms with E-state index in [1.54, 1.807) is 0 Å². The Bertz CT molecular complexity index is 527. The molecule has 0 N–H and O–H groups in total. The van der Waals surface area contributed by atoms with Crippen molar-refractivity contribution in [1.82, 2.24) is 0 Å². The van der Waals surface area contributed by atoms with Gasteiger partial charge in [-0.3, -0.25) is 0 Å². The minimum atomic E-state index is 0.0983. The van der Waals surface area contributed by atoms with Crippen LogP contribution in [0.3, 0.4) is 0 Å². The molecule has 0 saturated carbocycles. The fourth-order valence-electron chi connectivity index (χ4n) is 2.05. The molecule has 0 radical (unpaired) electrons. The lowest BCUT2D eigenvalue weighted by atomic mass is 9.80. The molecule has 4 heteroatoms. The molecule has 0 nitrogen and oxygen atoms in total. The third kappa shape index (κ3) is 3.52. The topological polar surface area (TPSA) is 0 Å². The van der Waals surface area contributed by atoms with Gasteiger partial charge in [-0.05, 0) is 46.3 Å². The van der Waals surface area contributed by atoms with Gasteiger partial charge in [0.2, 0.25) is 0 Å². The molecule has 0 unspecified atom stereocenters. The zero-order chi connectivity index (χ0) is 13.9.